The molecule has 28 heavy (non-hydrogen) atoms. The Kier molecular flexibility index (Phi) is 10.0. The van der Waals surface area contributed by atoms with Crippen LogP contribution in [0.15, 0.2) is 22.5 Å². The minimum atomic E-state index is 0. The van der Waals surface area contributed by atoms with Gasteiger partial charge in [-0.3, -0.25) is 14.7 Å². The van der Waals surface area contributed by atoms with Gasteiger partial charge < -0.3 is 15.5 Å². The van der Waals surface area contributed by atoms with Crippen molar-refractivity contribution in [2.45, 2.75) is 38.1 Å². The number of nitrogens with zero attached hydrogens (tertiary/aromatic N) is 3. The highest BCUT2D eigenvalue weighted by atomic mass is 127. The molecule has 2 saturated heterocycles. The van der Waals surface area contributed by atoms with Crippen LogP contribution in [0.25, 0.3) is 0 Å². The van der Waals surface area contributed by atoms with Crippen LogP contribution in [-0.2, 0) is 4.79 Å². The molecule has 1 amide bonds. The first-order valence-electron chi connectivity index (χ1n) is 10.1. The first-order valence-corrected chi connectivity index (χ1v) is 11.0. The normalized spacial score (nSPS) is 19.9. The maximum atomic E-state index is 11.6. The molecule has 0 radical (unpaired) electrons. The summed E-state index contributed by atoms with van der Waals surface area (Å²) in [5, 5.41) is 8.54. The number of aliphatic imine (C=N–C) groups is 1. The van der Waals surface area contributed by atoms with E-state index < -0.39 is 0 Å². The van der Waals surface area contributed by atoms with Crippen LogP contribution in [0, 0.1) is 5.92 Å². The zero-order valence-electron chi connectivity index (χ0n) is 17.0. The fourth-order valence-electron chi connectivity index (χ4n) is 4.18. The van der Waals surface area contributed by atoms with E-state index in [1.54, 1.807) is 7.05 Å². The van der Waals surface area contributed by atoms with Gasteiger partial charge in [0.1, 0.15) is 0 Å². The van der Waals surface area contributed by atoms with E-state index in [-0.39, 0.29) is 29.9 Å². The highest BCUT2D eigenvalue weighted by Crippen LogP contribution is 2.28. The van der Waals surface area contributed by atoms with Crippen molar-refractivity contribution >= 4 is 47.2 Å². The molecule has 2 N–H and O–H groups in total. The van der Waals surface area contributed by atoms with E-state index >= 15 is 0 Å². The van der Waals surface area contributed by atoms with Crippen molar-refractivity contribution < 1.29 is 4.79 Å². The number of hydrogen-bond acceptors (Lipinski definition) is 4. The molecule has 6 nitrogen and oxygen atoms in total. The average Bonchev–Trinajstić information content (AvgIpc) is 3.40. The van der Waals surface area contributed by atoms with Crippen molar-refractivity contribution in [1.29, 1.82) is 0 Å². The minimum Gasteiger partial charge on any atom is -0.359 e. The Morgan fingerprint density at radius 2 is 2.00 bits per heavy atom. The number of thiophene rings is 1. The summed E-state index contributed by atoms with van der Waals surface area (Å²) in [7, 11) is 3.59. The molecule has 1 aromatic rings. The number of nitrogens with one attached hydrogen (secondary N) is 2. The lowest BCUT2D eigenvalue weighted by atomic mass is 9.93. The van der Waals surface area contributed by atoms with Gasteiger partial charge in [0.05, 0.1) is 6.04 Å². The molecule has 3 rings (SSSR count). The third kappa shape index (κ3) is 6.32. The molecule has 3 heterocycles. The molecule has 2 fully saturated rings. The fraction of sp³-hybridized carbons (Fsp3) is 0.700. The Labute approximate surface area is 190 Å². The van der Waals surface area contributed by atoms with Crippen LogP contribution in [0.1, 0.15) is 43.0 Å². The fourth-order valence-corrected chi connectivity index (χ4v) is 5.04. The Bertz CT molecular complexity index is 610. The van der Waals surface area contributed by atoms with Gasteiger partial charge in [-0.25, -0.2) is 0 Å². The van der Waals surface area contributed by atoms with Crippen molar-refractivity contribution in [2.24, 2.45) is 10.9 Å². The SMILES string of the molecule is CN=C(NCC(c1cccs1)N1CCCC1)N1CCC(CC(=O)NC)CC1.I. The van der Waals surface area contributed by atoms with Crippen LogP contribution in [0.5, 0.6) is 0 Å². The van der Waals surface area contributed by atoms with Gasteiger partial charge in [0.2, 0.25) is 5.91 Å². The summed E-state index contributed by atoms with van der Waals surface area (Å²) in [6, 6.07) is 4.83. The molecule has 1 unspecified atom stereocenters. The summed E-state index contributed by atoms with van der Waals surface area (Å²) in [6.07, 6.45) is 5.35. The summed E-state index contributed by atoms with van der Waals surface area (Å²) < 4.78 is 0. The summed E-state index contributed by atoms with van der Waals surface area (Å²) in [5.74, 6) is 1.64. The molecule has 8 heteroatoms. The zero-order chi connectivity index (χ0) is 19.1. The molecule has 0 aromatic carbocycles. The van der Waals surface area contributed by atoms with Gasteiger partial charge in [0, 0.05) is 45.0 Å². The topological polar surface area (TPSA) is 60.0 Å². The summed E-state index contributed by atoms with van der Waals surface area (Å²) >= 11 is 1.85. The van der Waals surface area contributed by atoms with E-state index in [1.807, 2.05) is 18.4 Å². The molecule has 2 aliphatic rings. The molecular weight excluding hydrogens is 485 g/mol. The average molecular weight is 519 g/mol. The lowest BCUT2D eigenvalue weighted by Gasteiger charge is -2.35. The van der Waals surface area contributed by atoms with E-state index in [4.69, 9.17) is 0 Å². The first-order chi connectivity index (χ1) is 13.2. The number of carbonyl (C=O) groups excluding carboxylic acids is 1. The molecule has 158 valence electrons. The van der Waals surface area contributed by atoms with Gasteiger partial charge >= 0.3 is 0 Å². The van der Waals surface area contributed by atoms with Crippen molar-refractivity contribution in [3.05, 3.63) is 22.4 Å². The second-order valence-corrected chi connectivity index (χ2v) is 8.49. The van der Waals surface area contributed by atoms with Crippen molar-refractivity contribution in [2.75, 3.05) is 46.8 Å². The van der Waals surface area contributed by atoms with Crippen LogP contribution in [0.4, 0.5) is 0 Å². The monoisotopic (exact) mass is 519 g/mol. The molecular formula is C20H34IN5OS. The number of hydrogen-bond donors (Lipinski definition) is 2. The standard InChI is InChI=1S/C20H33N5OS.HI/c1-21-19(26)14-16-7-11-25(12-8-16)20(22-2)23-15-17(18-6-5-13-27-18)24-9-3-4-10-24;/h5-6,13,16-17H,3-4,7-12,14-15H2,1-2H3,(H,21,26)(H,22,23);1H. The van der Waals surface area contributed by atoms with Crippen LogP contribution >= 0.6 is 35.3 Å². The Balaban J connectivity index is 0.00000280. The van der Waals surface area contributed by atoms with Crippen molar-refractivity contribution in [3.8, 4) is 0 Å². The van der Waals surface area contributed by atoms with E-state index in [2.05, 4.69) is 42.9 Å². The molecule has 1 aromatic heterocycles. The number of amides is 1. The number of halogens is 1. The van der Waals surface area contributed by atoms with Crippen molar-refractivity contribution in [3.63, 3.8) is 0 Å². The zero-order valence-corrected chi connectivity index (χ0v) is 20.2. The van der Waals surface area contributed by atoms with Gasteiger partial charge in [-0.2, -0.15) is 0 Å². The third-order valence-electron chi connectivity index (χ3n) is 5.79. The van der Waals surface area contributed by atoms with Crippen LogP contribution in [0.2, 0.25) is 0 Å². The van der Waals surface area contributed by atoms with Gasteiger partial charge in [-0.15, -0.1) is 35.3 Å². The maximum absolute atomic E-state index is 11.6. The van der Waals surface area contributed by atoms with E-state index in [0.717, 1.165) is 38.4 Å². The number of rotatable bonds is 6. The van der Waals surface area contributed by atoms with E-state index in [1.165, 1.54) is 30.8 Å². The molecule has 2 aliphatic heterocycles. The molecule has 0 saturated carbocycles. The molecule has 0 spiro atoms. The predicted octanol–water partition coefficient (Wildman–Crippen LogP) is 2.93. The summed E-state index contributed by atoms with van der Waals surface area (Å²) in [4.78, 5) is 22.5. The van der Waals surface area contributed by atoms with Crippen LogP contribution < -0.4 is 10.6 Å². The molecule has 0 bridgehead atoms. The predicted molar refractivity (Wildman–Crippen MR) is 128 cm³/mol. The number of likely N-dealkylation sites (tertiary alicyclic amines) is 2. The van der Waals surface area contributed by atoms with Crippen LogP contribution in [0.3, 0.4) is 0 Å². The largest absolute Gasteiger partial charge is 0.359 e. The second kappa shape index (κ2) is 12.0. The van der Waals surface area contributed by atoms with E-state index in [0.29, 0.717) is 18.4 Å². The van der Waals surface area contributed by atoms with Gasteiger partial charge in [-0.1, -0.05) is 6.07 Å². The smallest absolute Gasteiger partial charge is 0.220 e. The minimum absolute atomic E-state index is 0. The maximum Gasteiger partial charge on any atom is 0.220 e. The summed E-state index contributed by atoms with van der Waals surface area (Å²) in [6.45, 7) is 5.20. The van der Waals surface area contributed by atoms with Crippen LogP contribution in [-0.4, -0.2) is 68.5 Å². The van der Waals surface area contributed by atoms with Gasteiger partial charge in [0.15, 0.2) is 5.96 Å². The van der Waals surface area contributed by atoms with Gasteiger partial charge in [-0.05, 0) is 56.1 Å². The quantitative estimate of drug-likeness (QED) is 0.345. The number of guanidine groups is 1. The Morgan fingerprint density at radius 1 is 1.29 bits per heavy atom. The first kappa shape index (κ1) is 23.4. The summed E-state index contributed by atoms with van der Waals surface area (Å²) in [5.41, 5.74) is 0. The third-order valence-corrected chi connectivity index (χ3v) is 6.76. The lowest BCUT2D eigenvalue weighted by molar-refractivity contribution is -0.121. The number of piperidine rings is 1. The van der Waals surface area contributed by atoms with E-state index in [9.17, 15) is 4.79 Å². The molecule has 0 aliphatic carbocycles. The highest BCUT2D eigenvalue weighted by Gasteiger charge is 2.26. The Hall–Kier alpha value is -0.870. The second-order valence-electron chi connectivity index (χ2n) is 7.51. The van der Waals surface area contributed by atoms with Crippen molar-refractivity contribution in [1.82, 2.24) is 20.4 Å². The lowest BCUT2D eigenvalue weighted by Crippen LogP contribution is -2.48. The number of carbonyl (C=O) groups is 1. The molecule has 1 atom stereocenters. The highest BCUT2D eigenvalue weighted by molar-refractivity contribution is 14.0. The Morgan fingerprint density at radius 3 is 2.57 bits per heavy atom. The van der Waals surface area contributed by atoms with Gasteiger partial charge in [0.25, 0.3) is 0 Å².